The molecule has 0 spiro atoms. The third kappa shape index (κ3) is 13.6. The van der Waals surface area contributed by atoms with Crippen LogP contribution in [0.1, 0.15) is 88.1 Å². The molecule has 10 rings (SSSR count). The lowest BCUT2D eigenvalue weighted by Crippen LogP contribution is -2.46. The molecule has 6 aromatic heterocycles. The summed E-state index contributed by atoms with van der Waals surface area (Å²) >= 11 is 0. The highest BCUT2D eigenvalue weighted by Gasteiger charge is 2.35. The first-order valence-electron chi connectivity index (χ1n) is 26.7. The summed E-state index contributed by atoms with van der Waals surface area (Å²) in [5.41, 5.74) is 4.82. The number of pyridine rings is 4. The fraction of sp³-hybridized carbons (Fsp3) is 0.537. The van der Waals surface area contributed by atoms with Gasteiger partial charge in [0.15, 0.2) is 11.6 Å². The van der Waals surface area contributed by atoms with E-state index in [4.69, 9.17) is 30.1 Å². The van der Waals surface area contributed by atoms with Crippen LogP contribution >= 0.6 is 0 Å². The number of piperidine rings is 1. The number of carboxylic acids is 1. The highest BCUT2D eigenvalue weighted by atomic mass is 16.4. The molecule has 7 N–H and O–H groups in total. The number of aromatic nitrogens is 8. The average molecular weight is 1040 g/mol. The molecule has 6 aromatic rings. The normalized spacial score (nSPS) is 18.9. The van der Waals surface area contributed by atoms with Gasteiger partial charge in [-0.1, -0.05) is 12.1 Å². The maximum atomic E-state index is 11.4. The number of hydrogen-bond acceptors (Lipinski definition) is 21. The van der Waals surface area contributed by atoms with E-state index in [9.17, 15) is 20.1 Å². The first-order chi connectivity index (χ1) is 36.7. The van der Waals surface area contributed by atoms with Gasteiger partial charge in [-0.25, -0.2) is 39.9 Å². The molecule has 4 aliphatic rings. The van der Waals surface area contributed by atoms with E-state index in [1.807, 2.05) is 41.6 Å². The van der Waals surface area contributed by atoms with Crippen molar-refractivity contribution in [1.82, 2.24) is 59.5 Å². The SMILES string of the molecule is C[C@@H](O)c1cc2cnc(Nc3ccc(CN4CCN(CCO)CC4)cn3)nc2c(N2CCC(C(=O)O)CC2)n1.C[C@@H](O)c1cc2cnc(Nc3ccc(CN4CCN(CCO)CC4)cn3)nc2c(N2CCCC2(C)C)n1. The van der Waals surface area contributed by atoms with Gasteiger partial charge in [-0.3, -0.25) is 24.4 Å². The number of fused-ring (bicyclic) bond motifs is 2. The first-order valence-corrected chi connectivity index (χ1v) is 26.7. The fourth-order valence-electron chi connectivity index (χ4n) is 10.4. The Kier molecular flexibility index (Phi) is 17.7. The summed E-state index contributed by atoms with van der Waals surface area (Å²) in [6, 6.07) is 11.7. The lowest BCUT2D eigenvalue weighted by atomic mass is 9.97. The second-order valence-corrected chi connectivity index (χ2v) is 21.1. The predicted molar refractivity (Wildman–Crippen MR) is 292 cm³/mol. The number of anilines is 6. The molecule has 22 heteroatoms. The molecule has 406 valence electrons. The zero-order valence-electron chi connectivity index (χ0n) is 44.3. The molecular formula is C54H74N16O6. The second kappa shape index (κ2) is 24.7. The maximum absolute atomic E-state index is 11.4. The molecule has 0 amide bonds. The van der Waals surface area contributed by atoms with Gasteiger partial charge < -0.3 is 46.0 Å². The Hall–Kier alpha value is -6.37. The molecule has 4 aliphatic heterocycles. The summed E-state index contributed by atoms with van der Waals surface area (Å²) in [5, 5.41) is 56.1. The van der Waals surface area contributed by atoms with Gasteiger partial charge in [0.2, 0.25) is 11.9 Å². The first kappa shape index (κ1) is 54.4. The Morgan fingerprint density at radius 2 is 1.08 bits per heavy atom. The van der Waals surface area contributed by atoms with Gasteiger partial charge in [-0.05, 0) is 88.8 Å². The number of hydrogen-bond donors (Lipinski definition) is 7. The summed E-state index contributed by atoms with van der Waals surface area (Å²) in [5.74, 6) is 2.47. The number of aliphatic hydroxyl groups excluding tert-OH is 4. The third-order valence-electron chi connectivity index (χ3n) is 15.0. The maximum Gasteiger partial charge on any atom is 0.306 e. The molecule has 0 unspecified atom stereocenters. The van der Waals surface area contributed by atoms with Gasteiger partial charge in [0.05, 0.1) is 42.7 Å². The van der Waals surface area contributed by atoms with Crippen molar-refractivity contribution in [1.29, 1.82) is 0 Å². The largest absolute Gasteiger partial charge is 0.481 e. The molecule has 4 saturated heterocycles. The zero-order chi connectivity index (χ0) is 53.3. The Balaban J connectivity index is 0.000000186. The van der Waals surface area contributed by atoms with E-state index in [0.29, 0.717) is 72.2 Å². The van der Waals surface area contributed by atoms with Crippen molar-refractivity contribution < 1.29 is 30.3 Å². The molecule has 0 aromatic carbocycles. The molecule has 76 heavy (non-hydrogen) atoms. The van der Waals surface area contributed by atoms with Crippen LogP contribution < -0.4 is 20.4 Å². The Morgan fingerprint density at radius 1 is 0.618 bits per heavy atom. The van der Waals surface area contributed by atoms with Crippen LogP contribution in [0.2, 0.25) is 0 Å². The standard InChI is InChI=1S/C27H36N8O4.C27H38N8O2/c1-18(37)22-14-21-16-29-27(32-24(21)25(30-22)35-6-4-20(5-7-35)26(38)39)31-23-3-2-19(15-28-23)17-34-10-8-33(9-11-34)12-13-36;1-19(37)22-15-21-17-29-26(32-24(21)25(30-22)35-8-4-7-27(35,2)3)31-23-6-5-20(16-28-23)18-34-11-9-33(10-12-34)13-14-36/h2-3,14-16,18,20,36-37H,4-13,17H2,1H3,(H,38,39)(H,28,29,31,32);5-6,15-17,19,36-37H,4,7-14,18H2,1-3H3,(H,28,29,31,32)/t18-;19-/m11/s1. The number of nitrogens with one attached hydrogen (secondary N) is 2. The van der Waals surface area contributed by atoms with Crippen LogP contribution in [-0.2, 0) is 17.9 Å². The van der Waals surface area contributed by atoms with Crippen molar-refractivity contribution in [3.8, 4) is 0 Å². The number of piperazine rings is 2. The van der Waals surface area contributed by atoms with E-state index in [1.165, 1.54) is 0 Å². The smallest absolute Gasteiger partial charge is 0.306 e. The van der Waals surface area contributed by atoms with Crippen LogP contribution in [0.3, 0.4) is 0 Å². The van der Waals surface area contributed by atoms with E-state index >= 15 is 0 Å². The van der Waals surface area contributed by atoms with E-state index in [-0.39, 0.29) is 24.7 Å². The minimum absolute atomic E-state index is 0.0291. The van der Waals surface area contributed by atoms with Gasteiger partial charge in [0.1, 0.15) is 22.7 Å². The molecule has 0 aliphatic carbocycles. The molecule has 22 nitrogen and oxygen atoms in total. The monoisotopic (exact) mass is 1040 g/mol. The second-order valence-electron chi connectivity index (χ2n) is 21.1. The number of rotatable bonds is 17. The van der Waals surface area contributed by atoms with Crippen molar-refractivity contribution in [3.63, 3.8) is 0 Å². The zero-order valence-corrected chi connectivity index (χ0v) is 44.3. The van der Waals surface area contributed by atoms with Crippen LogP contribution in [0.25, 0.3) is 21.8 Å². The van der Waals surface area contributed by atoms with Crippen LogP contribution in [0.4, 0.5) is 35.2 Å². The van der Waals surface area contributed by atoms with Crippen molar-refractivity contribution in [3.05, 3.63) is 83.7 Å². The lowest BCUT2D eigenvalue weighted by Gasteiger charge is -2.34. The van der Waals surface area contributed by atoms with E-state index in [2.05, 4.69) is 75.0 Å². The summed E-state index contributed by atoms with van der Waals surface area (Å²) in [4.78, 5) is 62.4. The number of aliphatic carboxylic acids is 1. The van der Waals surface area contributed by atoms with Gasteiger partial charge >= 0.3 is 5.97 Å². The van der Waals surface area contributed by atoms with Crippen LogP contribution in [0, 0.1) is 5.92 Å². The van der Waals surface area contributed by atoms with Crippen LogP contribution in [-0.4, -0.2) is 195 Å². The van der Waals surface area contributed by atoms with Gasteiger partial charge in [0.25, 0.3) is 0 Å². The van der Waals surface area contributed by atoms with Gasteiger partial charge in [-0.2, -0.15) is 0 Å². The van der Waals surface area contributed by atoms with Crippen molar-refractivity contribution in [2.24, 2.45) is 5.92 Å². The van der Waals surface area contributed by atoms with E-state index < -0.39 is 18.2 Å². The minimum Gasteiger partial charge on any atom is -0.481 e. The lowest BCUT2D eigenvalue weighted by molar-refractivity contribution is -0.142. The van der Waals surface area contributed by atoms with Crippen LogP contribution in [0.15, 0.2) is 61.2 Å². The number of β-amino-alcohol motifs (C(OH)–C–C–N with tert-alkyl or cyclic N) is 2. The molecular weight excluding hydrogens is 969 g/mol. The highest BCUT2D eigenvalue weighted by molar-refractivity contribution is 5.91. The van der Waals surface area contributed by atoms with Crippen molar-refractivity contribution in [2.45, 2.75) is 84.2 Å². The number of aliphatic hydroxyl groups is 4. The summed E-state index contributed by atoms with van der Waals surface area (Å²) in [6.07, 6.45) is 9.07. The molecule has 10 heterocycles. The highest BCUT2D eigenvalue weighted by Crippen LogP contribution is 2.37. The Bertz CT molecular complexity index is 2870. The van der Waals surface area contributed by atoms with E-state index in [1.54, 1.807) is 32.3 Å². The molecule has 4 fully saturated rings. The number of carboxylic acid groups (broad SMARTS) is 1. The average Bonchev–Trinajstić information content (AvgIpc) is 3.79. The molecule has 0 radical (unpaired) electrons. The van der Waals surface area contributed by atoms with Gasteiger partial charge in [-0.15, -0.1) is 0 Å². The Morgan fingerprint density at radius 3 is 1.49 bits per heavy atom. The van der Waals surface area contributed by atoms with Crippen LogP contribution in [0.5, 0.6) is 0 Å². The van der Waals surface area contributed by atoms with Crippen molar-refractivity contribution in [2.75, 3.05) is 119 Å². The summed E-state index contributed by atoms with van der Waals surface area (Å²) in [6.45, 7) is 21.2. The Labute approximate surface area is 443 Å². The number of nitrogens with zero attached hydrogens (tertiary/aromatic N) is 14. The topological polar surface area (TPSA) is 265 Å². The quantitative estimate of drug-likeness (QED) is 0.0670. The predicted octanol–water partition coefficient (Wildman–Crippen LogP) is 4.33. The summed E-state index contributed by atoms with van der Waals surface area (Å²) in [7, 11) is 0. The molecule has 0 saturated carbocycles. The van der Waals surface area contributed by atoms with Crippen molar-refractivity contribution >= 4 is 62.9 Å². The summed E-state index contributed by atoms with van der Waals surface area (Å²) < 4.78 is 0. The van der Waals surface area contributed by atoms with Gasteiger partial charge in [0, 0.05) is 139 Å². The number of carbonyl (C=O) groups is 1. The molecule has 0 bridgehead atoms. The third-order valence-corrected chi connectivity index (χ3v) is 15.0. The van der Waals surface area contributed by atoms with E-state index in [0.717, 1.165) is 131 Å². The molecule has 2 atom stereocenters. The minimum atomic E-state index is -0.766. The fourth-order valence-corrected chi connectivity index (χ4v) is 10.4.